The predicted molar refractivity (Wildman–Crippen MR) is 88.5 cm³/mol. The second-order valence-corrected chi connectivity index (χ2v) is 8.19. The van der Waals surface area contributed by atoms with E-state index in [4.69, 9.17) is 9.68 Å². The average Bonchev–Trinajstić information content (AvgIpc) is 3.34. The van der Waals surface area contributed by atoms with Gasteiger partial charge in [-0.15, -0.1) is 0 Å². The number of rotatable bonds is 4. The van der Waals surface area contributed by atoms with Crippen molar-refractivity contribution in [3.8, 4) is 0 Å². The molecule has 7 unspecified atom stereocenters. The maximum absolute atomic E-state index is 12.7. The second-order valence-electron chi connectivity index (χ2n) is 8.19. The maximum atomic E-state index is 12.7. The molecule has 0 radical (unpaired) electrons. The molecule has 0 bridgehead atoms. The molecule has 0 spiro atoms. The normalized spacial score (nSPS) is 45.8. The van der Waals surface area contributed by atoms with Gasteiger partial charge in [-0.3, -0.25) is 19.8 Å². The number of alkyl halides is 2. The molecule has 1 amide bonds. The van der Waals surface area contributed by atoms with Crippen LogP contribution in [-0.4, -0.2) is 42.9 Å². The van der Waals surface area contributed by atoms with E-state index in [1.54, 1.807) is 0 Å². The monoisotopic (exact) mass is 374 g/mol. The van der Waals surface area contributed by atoms with Crippen LogP contribution in [0.4, 0.5) is 8.78 Å². The summed E-state index contributed by atoms with van der Waals surface area (Å²) < 4.78 is 25.5. The minimum atomic E-state index is -2.54. The van der Waals surface area contributed by atoms with Crippen molar-refractivity contribution in [3.63, 3.8) is 0 Å². The molecule has 8 atom stereocenters. The van der Waals surface area contributed by atoms with Crippen LogP contribution in [0.5, 0.6) is 0 Å². The molecule has 9 heteroatoms. The van der Waals surface area contributed by atoms with E-state index in [9.17, 15) is 13.6 Å². The quantitative estimate of drug-likeness (QED) is 0.588. The number of carbonyl (C=O) groups excluding carboxylic acids is 1. The van der Waals surface area contributed by atoms with Crippen molar-refractivity contribution in [2.45, 2.75) is 82.5 Å². The second kappa shape index (κ2) is 7.63. The van der Waals surface area contributed by atoms with Gasteiger partial charge in [0, 0.05) is 18.5 Å². The van der Waals surface area contributed by atoms with Crippen molar-refractivity contribution in [3.05, 3.63) is 0 Å². The Bertz CT molecular complexity index is 526. The molecule has 4 fully saturated rings. The number of amides is 1. The lowest BCUT2D eigenvalue weighted by Gasteiger charge is -2.36. The molecule has 0 aromatic heterocycles. The molecule has 0 aromatic rings. The predicted octanol–water partition coefficient (Wildman–Crippen LogP) is 1.02. The molecule has 26 heavy (non-hydrogen) atoms. The molecule has 4 rings (SSSR count). The molecule has 2 saturated heterocycles. The SMILES string of the molecule is CC1CC(C(=O)N[C@@H]2CCC3CC(C4NOC(C(F)F)N4)CCC32)ON1. The van der Waals surface area contributed by atoms with E-state index >= 15 is 0 Å². The third-order valence-electron chi connectivity index (χ3n) is 6.41. The molecule has 4 aliphatic rings. The highest BCUT2D eigenvalue weighted by Gasteiger charge is 2.45. The summed E-state index contributed by atoms with van der Waals surface area (Å²) in [7, 11) is 0. The minimum absolute atomic E-state index is 0.0260. The van der Waals surface area contributed by atoms with Crippen molar-refractivity contribution >= 4 is 5.91 Å². The molecule has 0 aromatic carbocycles. The van der Waals surface area contributed by atoms with Gasteiger partial charge in [0.25, 0.3) is 12.3 Å². The van der Waals surface area contributed by atoms with Crippen molar-refractivity contribution in [1.82, 2.24) is 21.6 Å². The fourth-order valence-corrected chi connectivity index (χ4v) is 5.08. The van der Waals surface area contributed by atoms with E-state index in [2.05, 4.69) is 21.6 Å². The highest BCUT2D eigenvalue weighted by molar-refractivity contribution is 5.81. The minimum Gasteiger partial charge on any atom is -0.351 e. The van der Waals surface area contributed by atoms with Gasteiger partial charge in [0.1, 0.15) is 0 Å². The van der Waals surface area contributed by atoms with Gasteiger partial charge in [0.05, 0.1) is 6.17 Å². The smallest absolute Gasteiger partial charge is 0.279 e. The van der Waals surface area contributed by atoms with Crippen LogP contribution in [0.3, 0.4) is 0 Å². The number of hydrogen-bond acceptors (Lipinski definition) is 6. The lowest BCUT2D eigenvalue weighted by molar-refractivity contribution is -0.134. The molecule has 7 nitrogen and oxygen atoms in total. The number of halogens is 2. The lowest BCUT2D eigenvalue weighted by atomic mass is 9.74. The zero-order valence-corrected chi connectivity index (χ0v) is 14.9. The van der Waals surface area contributed by atoms with Crippen LogP contribution in [0.2, 0.25) is 0 Å². The van der Waals surface area contributed by atoms with Crippen molar-refractivity contribution < 1.29 is 23.3 Å². The van der Waals surface area contributed by atoms with Crippen LogP contribution in [-0.2, 0) is 14.5 Å². The van der Waals surface area contributed by atoms with Crippen molar-refractivity contribution in [1.29, 1.82) is 0 Å². The molecule has 2 heterocycles. The number of carbonyl (C=O) groups is 1. The van der Waals surface area contributed by atoms with E-state index in [0.717, 1.165) is 32.1 Å². The topological polar surface area (TPSA) is 83.7 Å². The first kappa shape index (κ1) is 18.5. The summed E-state index contributed by atoms with van der Waals surface area (Å²) in [6.07, 6.45) is 1.26. The average molecular weight is 374 g/mol. The summed E-state index contributed by atoms with van der Waals surface area (Å²) in [5, 5.41) is 6.04. The number of fused-ring (bicyclic) bond motifs is 1. The zero-order chi connectivity index (χ0) is 18.3. The summed E-state index contributed by atoms with van der Waals surface area (Å²) in [4.78, 5) is 22.7. The third-order valence-corrected chi connectivity index (χ3v) is 6.41. The van der Waals surface area contributed by atoms with E-state index < -0.39 is 18.8 Å². The van der Waals surface area contributed by atoms with Gasteiger partial charge >= 0.3 is 0 Å². The molecule has 2 aliphatic carbocycles. The first-order valence-corrected chi connectivity index (χ1v) is 9.68. The van der Waals surface area contributed by atoms with Crippen LogP contribution >= 0.6 is 0 Å². The van der Waals surface area contributed by atoms with Gasteiger partial charge in [-0.05, 0) is 56.8 Å². The summed E-state index contributed by atoms with van der Waals surface area (Å²) >= 11 is 0. The van der Waals surface area contributed by atoms with E-state index in [1.807, 2.05) is 6.92 Å². The third kappa shape index (κ3) is 3.73. The number of hydrogen-bond donors (Lipinski definition) is 4. The Hall–Kier alpha value is -0.870. The van der Waals surface area contributed by atoms with E-state index in [-0.39, 0.29) is 30.1 Å². The highest BCUT2D eigenvalue weighted by Crippen LogP contribution is 2.45. The molecular weight excluding hydrogens is 346 g/mol. The largest absolute Gasteiger partial charge is 0.351 e. The van der Waals surface area contributed by atoms with Crippen molar-refractivity contribution in [2.75, 3.05) is 0 Å². The van der Waals surface area contributed by atoms with E-state index in [0.29, 0.717) is 18.3 Å². The number of nitrogens with one attached hydrogen (secondary N) is 4. The Kier molecular flexibility index (Phi) is 5.43. The Balaban J connectivity index is 1.28. The van der Waals surface area contributed by atoms with Gasteiger partial charge in [0.2, 0.25) is 0 Å². The summed E-state index contributed by atoms with van der Waals surface area (Å²) in [6.45, 7) is 1.99. The summed E-state index contributed by atoms with van der Waals surface area (Å²) in [5.41, 5.74) is 5.58. The summed E-state index contributed by atoms with van der Waals surface area (Å²) in [5.74, 6) is 1.24. The maximum Gasteiger partial charge on any atom is 0.279 e. The first-order valence-electron chi connectivity index (χ1n) is 9.68. The van der Waals surface area contributed by atoms with Crippen LogP contribution in [0, 0.1) is 17.8 Å². The Labute approximate surface area is 151 Å². The van der Waals surface area contributed by atoms with Gasteiger partial charge in [-0.1, -0.05) is 0 Å². The fourth-order valence-electron chi connectivity index (χ4n) is 5.08. The van der Waals surface area contributed by atoms with Crippen LogP contribution in [0.1, 0.15) is 45.4 Å². The van der Waals surface area contributed by atoms with Gasteiger partial charge in [-0.2, -0.15) is 11.0 Å². The van der Waals surface area contributed by atoms with Gasteiger partial charge in [0.15, 0.2) is 12.3 Å². The standard InChI is InChI=1S/C17H28F2N4O3/c1-8-6-13(25-22-8)16(24)20-12-5-3-9-7-10(2-4-11(9)12)15-21-17(14(18)19)26-23-15/h8-15,17,21-23H,2-7H2,1H3,(H,20,24)/t8?,9?,10?,11?,12-,13?,15?,17?/m1/s1. The van der Waals surface area contributed by atoms with Crippen LogP contribution in [0.15, 0.2) is 0 Å². The summed E-state index contributed by atoms with van der Waals surface area (Å²) in [6, 6.07) is 0.394. The van der Waals surface area contributed by atoms with E-state index in [1.165, 1.54) is 0 Å². The lowest BCUT2D eigenvalue weighted by Crippen LogP contribution is -2.47. The Morgan fingerprint density at radius 3 is 2.58 bits per heavy atom. The molecular formula is C17H28F2N4O3. The van der Waals surface area contributed by atoms with Gasteiger partial charge in [-0.25, -0.2) is 8.78 Å². The molecule has 148 valence electrons. The molecule has 2 saturated carbocycles. The zero-order valence-electron chi connectivity index (χ0n) is 14.9. The first-order chi connectivity index (χ1) is 12.5. The van der Waals surface area contributed by atoms with Crippen LogP contribution < -0.4 is 21.6 Å². The fraction of sp³-hybridized carbons (Fsp3) is 0.941. The molecule has 2 aliphatic heterocycles. The Morgan fingerprint density at radius 2 is 1.88 bits per heavy atom. The van der Waals surface area contributed by atoms with Crippen LogP contribution in [0.25, 0.3) is 0 Å². The van der Waals surface area contributed by atoms with Crippen molar-refractivity contribution in [2.24, 2.45) is 17.8 Å². The molecule has 4 N–H and O–H groups in total. The number of hydroxylamine groups is 2. The highest BCUT2D eigenvalue weighted by atomic mass is 19.3. The Morgan fingerprint density at radius 1 is 1.08 bits per heavy atom. The van der Waals surface area contributed by atoms with Gasteiger partial charge < -0.3 is 5.32 Å².